The predicted molar refractivity (Wildman–Crippen MR) is 123 cm³/mol. The fraction of sp³-hybridized carbons (Fsp3) is 0.208. The topological polar surface area (TPSA) is 45.6 Å². The molecule has 0 radical (unpaired) electrons. The van der Waals surface area contributed by atoms with Gasteiger partial charge in [0.2, 0.25) is 0 Å². The number of anilines is 2. The van der Waals surface area contributed by atoms with E-state index in [1.54, 1.807) is 0 Å². The zero-order valence-corrected chi connectivity index (χ0v) is 18.3. The standard InChI is InChI=1S/C24H25N3OSe/c1-3-28-19-15-13-18(14-16-19)25-24-23(17(2)29-20-9-5-4-6-10-20)26-21-11-7-8-12-22(21)27-24/h4-17,23,26H,3H2,1-2H3,(H,25,27). The normalized spacial score (nSPS) is 16.2. The molecule has 0 saturated carbocycles. The number of para-hydroxylation sites is 2. The molecule has 1 heterocycles. The number of rotatable bonds is 6. The quantitative estimate of drug-likeness (QED) is 0.528. The van der Waals surface area contributed by atoms with Gasteiger partial charge in [0.25, 0.3) is 0 Å². The Morgan fingerprint density at radius 1 is 1.00 bits per heavy atom. The van der Waals surface area contributed by atoms with E-state index in [1.165, 1.54) is 4.46 Å². The summed E-state index contributed by atoms with van der Waals surface area (Å²) in [4.78, 5) is 5.39. The van der Waals surface area contributed by atoms with E-state index in [2.05, 4.69) is 60.0 Å². The number of ether oxygens (including phenoxy) is 1. The van der Waals surface area contributed by atoms with Crippen LogP contribution < -0.4 is 19.8 Å². The van der Waals surface area contributed by atoms with Gasteiger partial charge in [0, 0.05) is 0 Å². The van der Waals surface area contributed by atoms with E-state index in [4.69, 9.17) is 9.73 Å². The third-order valence-electron chi connectivity index (χ3n) is 4.72. The van der Waals surface area contributed by atoms with Gasteiger partial charge in [0.1, 0.15) is 0 Å². The second-order valence-electron chi connectivity index (χ2n) is 6.85. The van der Waals surface area contributed by atoms with E-state index in [-0.39, 0.29) is 6.04 Å². The summed E-state index contributed by atoms with van der Waals surface area (Å²) in [7, 11) is 0. The van der Waals surface area contributed by atoms with Gasteiger partial charge < -0.3 is 0 Å². The van der Waals surface area contributed by atoms with E-state index < -0.39 is 0 Å². The molecule has 0 saturated heterocycles. The van der Waals surface area contributed by atoms with Crippen molar-refractivity contribution in [2.45, 2.75) is 24.7 Å². The zero-order valence-electron chi connectivity index (χ0n) is 16.6. The Morgan fingerprint density at radius 3 is 2.48 bits per heavy atom. The van der Waals surface area contributed by atoms with Gasteiger partial charge in [-0.05, 0) is 0 Å². The Morgan fingerprint density at radius 2 is 1.72 bits per heavy atom. The number of hydrogen-bond acceptors (Lipinski definition) is 4. The van der Waals surface area contributed by atoms with Gasteiger partial charge in [-0.1, -0.05) is 0 Å². The molecule has 4 rings (SSSR count). The van der Waals surface area contributed by atoms with Gasteiger partial charge in [-0.15, -0.1) is 0 Å². The Bertz CT molecular complexity index is 973. The number of fused-ring (bicyclic) bond motifs is 1. The van der Waals surface area contributed by atoms with Crippen LogP contribution in [0.4, 0.5) is 17.1 Å². The van der Waals surface area contributed by atoms with Crippen LogP contribution >= 0.6 is 0 Å². The van der Waals surface area contributed by atoms with Crippen LogP contribution in [0.1, 0.15) is 13.8 Å². The molecule has 0 aliphatic carbocycles. The summed E-state index contributed by atoms with van der Waals surface area (Å²) in [5.74, 6) is 1.84. The summed E-state index contributed by atoms with van der Waals surface area (Å²) in [5, 5.41) is 7.27. The first kappa shape index (κ1) is 19.6. The Kier molecular flexibility index (Phi) is 6.18. The first-order chi connectivity index (χ1) is 14.2. The van der Waals surface area contributed by atoms with Gasteiger partial charge in [0.05, 0.1) is 0 Å². The Balaban J connectivity index is 1.58. The van der Waals surface area contributed by atoms with Crippen molar-refractivity contribution in [3.8, 4) is 5.75 Å². The van der Waals surface area contributed by atoms with Crippen molar-refractivity contribution in [1.29, 1.82) is 0 Å². The van der Waals surface area contributed by atoms with E-state index in [0.717, 1.165) is 28.6 Å². The van der Waals surface area contributed by atoms with Gasteiger partial charge >= 0.3 is 179 Å². The molecule has 1 aliphatic heterocycles. The minimum absolute atomic E-state index is 0.122. The van der Waals surface area contributed by atoms with Crippen molar-refractivity contribution in [1.82, 2.24) is 0 Å². The molecule has 2 atom stereocenters. The molecular formula is C24H25N3OSe. The Hall–Kier alpha value is -2.75. The van der Waals surface area contributed by atoms with E-state index in [1.807, 2.05) is 43.3 Å². The summed E-state index contributed by atoms with van der Waals surface area (Å²) in [6, 6.07) is 27.1. The van der Waals surface area contributed by atoms with Crippen LogP contribution in [0.25, 0.3) is 0 Å². The number of benzene rings is 3. The van der Waals surface area contributed by atoms with Gasteiger partial charge in [0.15, 0.2) is 0 Å². The molecule has 3 aromatic rings. The van der Waals surface area contributed by atoms with Crippen molar-refractivity contribution in [3.05, 3.63) is 78.9 Å². The van der Waals surface area contributed by atoms with E-state index in [9.17, 15) is 0 Å². The summed E-state index contributed by atoms with van der Waals surface area (Å²) in [6.07, 6.45) is 0. The third kappa shape index (κ3) is 4.81. The van der Waals surface area contributed by atoms with Crippen LogP contribution in [0, 0.1) is 0 Å². The number of hydrogen-bond donors (Lipinski definition) is 2. The number of nitrogens with zero attached hydrogens (tertiary/aromatic N) is 1. The molecule has 2 N–H and O–H groups in total. The van der Waals surface area contributed by atoms with Crippen LogP contribution in [0.5, 0.6) is 5.75 Å². The van der Waals surface area contributed by atoms with Crippen LogP contribution in [-0.2, 0) is 0 Å². The van der Waals surface area contributed by atoms with Crippen LogP contribution in [0.3, 0.4) is 0 Å². The Labute approximate surface area is 178 Å². The second-order valence-corrected chi connectivity index (χ2v) is 9.90. The van der Waals surface area contributed by atoms with Crippen molar-refractivity contribution >= 4 is 42.3 Å². The molecule has 1 aliphatic rings. The van der Waals surface area contributed by atoms with E-state index >= 15 is 0 Å². The van der Waals surface area contributed by atoms with Crippen LogP contribution in [-0.4, -0.2) is 33.4 Å². The molecule has 5 heteroatoms. The average Bonchev–Trinajstić information content (AvgIpc) is 2.75. The molecule has 0 fully saturated rings. The first-order valence-electron chi connectivity index (χ1n) is 9.88. The number of amidine groups is 1. The van der Waals surface area contributed by atoms with Gasteiger partial charge in [-0.2, -0.15) is 0 Å². The minimum atomic E-state index is 0.122. The van der Waals surface area contributed by atoms with E-state index in [0.29, 0.717) is 26.4 Å². The fourth-order valence-electron chi connectivity index (χ4n) is 3.30. The molecule has 4 nitrogen and oxygen atoms in total. The summed E-state index contributed by atoms with van der Waals surface area (Å²) >= 11 is 0.326. The van der Waals surface area contributed by atoms with Crippen LogP contribution in [0.15, 0.2) is 83.9 Å². The molecule has 0 spiro atoms. The summed E-state index contributed by atoms with van der Waals surface area (Å²) < 4.78 is 6.95. The third-order valence-corrected chi connectivity index (χ3v) is 7.22. The predicted octanol–water partition coefficient (Wildman–Crippen LogP) is 4.86. The van der Waals surface area contributed by atoms with Crippen molar-refractivity contribution in [2.75, 3.05) is 17.2 Å². The maximum atomic E-state index is 5.56. The van der Waals surface area contributed by atoms with Gasteiger partial charge in [-0.3, -0.25) is 0 Å². The maximum absolute atomic E-state index is 5.56. The van der Waals surface area contributed by atoms with Crippen molar-refractivity contribution in [2.24, 2.45) is 4.99 Å². The molecule has 29 heavy (non-hydrogen) atoms. The molecule has 0 aromatic heterocycles. The summed E-state index contributed by atoms with van der Waals surface area (Å²) in [6.45, 7) is 4.96. The molecule has 3 aromatic carbocycles. The fourth-order valence-corrected chi connectivity index (χ4v) is 5.56. The number of aliphatic imine (C=N–C) groups is 1. The van der Waals surface area contributed by atoms with Gasteiger partial charge in [-0.25, -0.2) is 0 Å². The molecule has 148 valence electrons. The summed E-state index contributed by atoms with van der Waals surface area (Å²) in [5.41, 5.74) is 3.07. The number of nitrogens with one attached hydrogen (secondary N) is 2. The molecule has 0 amide bonds. The average molecular weight is 450 g/mol. The SMILES string of the molecule is CCOc1ccc(NC2=Nc3ccccc3NC2C(C)[Se]c2ccccc2)cc1. The second kappa shape index (κ2) is 9.17. The molecular weight excluding hydrogens is 425 g/mol. The molecule has 2 unspecified atom stereocenters. The first-order valence-corrected chi connectivity index (χ1v) is 11.7. The monoisotopic (exact) mass is 451 g/mol. The molecule has 0 bridgehead atoms. The zero-order chi connectivity index (χ0) is 20.1. The van der Waals surface area contributed by atoms with Crippen molar-refractivity contribution < 1.29 is 4.74 Å². The van der Waals surface area contributed by atoms with Crippen molar-refractivity contribution in [3.63, 3.8) is 0 Å². The van der Waals surface area contributed by atoms with Crippen LogP contribution in [0.2, 0.25) is 4.82 Å².